The first-order chi connectivity index (χ1) is 13.0. The fraction of sp³-hybridized carbons (Fsp3) is 0.333. The number of amides is 1. The molecule has 0 fully saturated rings. The number of ether oxygens (including phenoxy) is 1. The molecule has 2 aromatic rings. The number of nitrogens with one attached hydrogen (secondary N) is 3. The van der Waals surface area contributed by atoms with Gasteiger partial charge in [-0.25, -0.2) is 0 Å². The number of guanidine groups is 1. The average molecular weight is 496 g/mol. The first-order valence-electron chi connectivity index (χ1n) is 8.96. The molecule has 0 radical (unpaired) electrons. The van der Waals surface area contributed by atoms with Crippen LogP contribution in [0.4, 0.5) is 0 Å². The van der Waals surface area contributed by atoms with E-state index in [0.717, 1.165) is 22.4 Å². The number of aliphatic imine (C=N–C) groups is 1. The highest BCUT2D eigenvalue weighted by atomic mass is 127. The van der Waals surface area contributed by atoms with Crippen molar-refractivity contribution in [2.45, 2.75) is 20.4 Å². The standard InChI is InChI=1S/C21H28N4O2.HI/c1-15-6-5-7-17(12-15)20(26)23-10-11-24-21(22-3)25-14-18-9-8-16(2)13-19(18)27-4;/h5-9,12-13H,10-11,14H2,1-4H3,(H,23,26)(H2,22,24,25);1H. The second-order valence-corrected chi connectivity index (χ2v) is 6.29. The van der Waals surface area contributed by atoms with Crippen molar-refractivity contribution in [3.63, 3.8) is 0 Å². The van der Waals surface area contributed by atoms with Crippen molar-refractivity contribution in [2.75, 3.05) is 27.2 Å². The van der Waals surface area contributed by atoms with Gasteiger partial charge >= 0.3 is 0 Å². The normalized spacial score (nSPS) is 10.6. The van der Waals surface area contributed by atoms with Crippen molar-refractivity contribution in [1.29, 1.82) is 0 Å². The quantitative estimate of drug-likeness (QED) is 0.239. The molecule has 3 N–H and O–H groups in total. The Labute approximate surface area is 184 Å². The van der Waals surface area contributed by atoms with Gasteiger partial charge in [0.1, 0.15) is 5.75 Å². The van der Waals surface area contributed by atoms with Crippen molar-refractivity contribution in [3.8, 4) is 5.75 Å². The molecule has 6 nitrogen and oxygen atoms in total. The van der Waals surface area contributed by atoms with Crippen LogP contribution in [0.5, 0.6) is 5.75 Å². The molecule has 0 atom stereocenters. The molecule has 0 spiro atoms. The van der Waals surface area contributed by atoms with E-state index in [1.54, 1.807) is 14.2 Å². The molecule has 1 amide bonds. The summed E-state index contributed by atoms with van der Waals surface area (Å²) >= 11 is 0. The van der Waals surface area contributed by atoms with E-state index in [0.29, 0.717) is 31.2 Å². The van der Waals surface area contributed by atoms with Crippen LogP contribution < -0.4 is 20.7 Å². The second kappa shape index (κ2) is 12.2. The molecule has 28 heavy (non-hydrogen) atoms. The lowest BCUT2D eigenvalue weighted by Gasteiger charge is -2.14. The van der Waals surface area contributed by atoms with Crippen molar-refractivity contribution < 1.29 is 9.53 Å². The molecule has 2 rings (SSSR count). The summed E-state index contributed by atoms with van der Waals surface area (Å²) in [7, 11) is 3.38. The summed E-state index contributed by atoms with van der Waals surface area (Å²) in [5, 5.41) is 9.34. The highest BCUT2D eigenvalue weighted by Crippen LogP contribution is 2.19. The number of carbonyl (C=O) groups excluding carboxylic acids is 1. The van der Waals surface area contributed by atoms with Crippen molar-refractivity contribution in [3.05, 3.63) is 64.7 Å². The highest BCUT2D eigenvalue weighted by molar-refractivity contribution is 14.0. The molecular weight excluding hydrogens is 467 g/mol. The number of nitrogens with zero attached hydrogens (tertiary/aromatic N) is 1. The van der Waals surface area contributed by atoms with Crippen LogP contribution in [-0.2, 0) is 6.54 Å². The van der Waals surface area contributed by atoms with Gasteiger partial charge in [-0.2, -0.15) is 0 Å². The molecule has 0 aromatic heterocycles. The lowest BCUT2D eigenvalue weighted by molar-refractivity contribution is 0.0954. The van der Waals surface area contributed by atoms with Gasteiger partial charge in [-0.3, -0.25) is 9.79 Å². The molecule has 7 heteroatoms. The molecule has 0 aliphatic heterocycles. The molecule has 0 bridgehead atoms. The zero-order valence-electron chi connectivity index (χ0n) is 16.8. The fourth-order valence-corrected chi connectivity index (χ4v) is 2.64. The zero-order valence-corrected chi connectivity index (χ0v) is 19.2. The Bertz CT molecular complexity index is 809. The third-order valence-electron chi connectivity index (χ3n) is 4.10. The topological polar surface area (TPSA) is 74.8 Å². The molecular formula is C21H29IN4O2. The monoisotopic (exact) mass is 496 g/mol. The predicted molar refractivity (Wildman–Crippen MR) is 125 cm³/mol. The van der Waals surface area contributed by atoms with Crippen LogP contribution in [0.1, 0.15) is 27.0 Å². The van der Waals surface area contributed by atoms with Gasteiger partial charge < -0.3 is 20.7 Å². The van der Waals surface area contributed by atoms with E-state index in [1.807, 2.05) is 50.2 Å². The van der Waals surface area contributed by atoms with Crippen LogP contribution in [0.25, 0.3) is 0 Å². The molecule has 0 unspecified atom stereocenters. The van der Waals surface area contributed by atoms with Crippen molar-refractivity contribution in [1.82, 2.24) is 16.0 Å². The van der Waals surface area contributed by atoms with Gasteiger partial charge in [0, 0.05) is 37.8 Å². The average Bonchev–Trinajstić information content (AvgIpc) is 2.67. The predicted octanol–water partition coefficient (Wildman–Crippen LogP) is 3.03. The van der Waals surface area contributed by atoms with E-state index in [9.17, 15) is 4.79 Å². The summed E-state index contributed by atoms with van der Waals surface area (Å²) in [5.41, 5.74) is 3.95. The Morgan fingerprint density at radius 1 is 1.00 bits per heavy atom. The Hall–Kier alpha value is -2.29. The third kappa shape index (κ3) is 7.38. The first-order valence-corrected chi connectivity index (χ1v) is 8.96. The molecule has 0 saturated carbocycles. The maximum absolute atomic E-state index is 12.1. The van der Waals surface area contributed by atoms with Crippen LogP contribution in [-0.4, -0.2) is 39.1 Å². The smallest absolute Gasteiger partial charge is 0.251 e. The number of carbonyl (C=O) groups is 1. The van der Waals surface area contributed by atoms with Gasteiger partial charge in [-0.1, -0.05) is 29.8 Å². The molecule has 0 heterocycles. The Kier molecular flexibility index (Phi) is 10.4. The van der Waals surface area contributed by atoms with Crippen LogP contribution in [0.2, 0.25) is 0 Å². The summed E-state index contributed by atoms with van der Waals surface area (Å²) in [5.74, 6) is 1.44. The van der Waals surface area contributed by atoms with Crippen LogP contribution in [0.3, 0.4) is 0 Å². The van der Waals surface area contributed by atoms with E-state index in [2.05, 4.69) is 27.0 Å². The highest BCUT2D eigenvalue weighted by Gasteiger charge is 2.06. The lowest BCUT2D eigenvalue weighted by Crippen LogP contribution is -2.41. The van der Waals surface area contributed by atoms with Crippen molar-refractivity contribution in [2.24, 2.45) is 4.99 Å². The minimum Gasteiger partial charge on any atom is -0.496 e. The maximum Gasteiger partial charge on any atom is 0.251 e. The maximum atomic E-state index is 12.1. The number of hydrogen-bond donors (Lipinski definition) is 3. The minimum atomic E-state index is -0.0761. The van der Waals surface area contributed by atoms with Crippen LogP contribution >= 0.6 is 24.0 Å². The molecule has 0 aliphatic rings. The number of halogens is 1. The summed E-state index contributed by atoms with van der Waals surface area (Å²) in [6.45, 7) is 5.67. The molecule has 0 aliphatic carbocycles. The van der Waals surface area contributed by atoms with Crippen LogP contribution in [0.15, 0.2) is 47.5 Å². The van der Waals surface area contributed by atoms with E-state index < -0.39 is 0 Å². The van der Waals surface area contributed by atoms with E-state index in [1.165, 1.54) is 0 Å². The van der Waals surface area contributed by atoms with Gasteiger partial charge in [0.25, 0.3) is 5.91 Å². The summed E-state index contributed by atoms with van der Waals surface area (Å²) < 4.78 is 5.42. The van der Waals surface area contributed by atoms with E-state index in [4.69, 9.17) is 4.74 Å². The Morgan fingerprint density at radius 2 is 1.71 bits per heavy atom. The van der Waals surface area contributed by atoms with Crippen LogP contribution in [0, 0.1) is 13.8 Å². The zero-order chi connectivity index (χ0) is 19.6. The summed E-state index contributed by atoms with van der Waals surface area (Å²) in [6.07, 6.45) is 0. The second-order valence-electron chi connectivity index (χ2n) is 6.29. The van der Waals surface area contributed by atoms with E-state index in [-0.39, 0.29) is 29.9 Å². The molecule has 2 aromatic carbocycles. The fourth-order valence-electron chi connectivity index (χ4n) is 2.64. The number of benzene rings is 2. The lowest BCUT2D eigenvalue weighted by atomic mass is 10.1. The third-order valence-corrected chi connectivity index (χ3v) is 4.10. The molecule has 0 saturated heterocycles. The Balaban J connectivity index is 0.00000392. The van der Waals surface area contributed by atoms with Gasteiger partial charge in [-0.15, -0.1) is 24.0 Å². The number of aryl methyl sites for hydroxylation is 2. The number of rotatable bonds is 7. The minimum absolute atomic E-state index is 0. The van der Waals surface area contributed by atoms with E-state index >= 15 is 0 Å². The largest absolute Gasteiger partial charge is 0.496 e. The van der Waals surface area contributed by atoms with Gasteiger partial charge in [-0.05, 0) is 37.6 Å². The summed E-state index contributed by atoms with van der Waals surface area (Å²) in [4.78, 5) is 16.3. The van der Waals surface area contributed by atoms with Gasteiger partial charge in [0.2, 0.25) is 0 Å². The Morgan fingerprint density at radius 3 is 2.39 bits per heavy atom. The SMILES string of the molecule is CN=C(NCCNC(=O)c1cccc(C)c1)NCc1ccc(C)cc1OC.I. The van der Waals surface area contributed by atoms with Gasteiger partial charge in [0.05, 0.1) is 7.11 Å². The summed E-state index contributed by atoms with van der Waals surface area (Å²) in [6, 6.07) is 13.6. The number of methoxy groups -OCH3 is 1. The first kappa shape index (κ1) is 23.7. The van der Waals surface area contributed by atoms with Crippen molar-refractivity contribution >= 4 is 35.8 Å². The number of hydrogen-bond acceptors (Lipinski definition) is 3. The van der Waals surface area contributed by atoms with Gasteiger partial charge in [0.15, 0.2) is 5.96 Å². The molecule has 152 valence electrons.